The van der Waals surface area contributed by atoms with E-state index in [4.69, 9.17) is 9.47 Å². The molecule has 176 valence electrons. The Labute approximate surface area is 195 Å². The van der Waals surface area contributed by atoms with Crippen molar-refractivity contribution in [3.8, 4) is 11.5 Å². The lowest BCUT2D eigenvalue weighted by atomic mass is 9.86. The second kappa shape index (κ2) is 8.89. The molecule has 0 atom stereocenters. The van der Waals surface area contributed by atoms with E-state index < -0.39 is 10.0 Å². The zero-order valence-electron chi connectivity index (χ0n) is 18.8. The number of hydrogen-bond acceptors (Lipinski definition) is 5. The third-order valence-electron chi connectivity index (χ3n) is 6.74. The standard InChI is InChI=1S/C25H30N2O5S/c1-17-5-7-20(8-6-17)27(21-9-10-21)25(28)18-3-2-4-19(15-18)26-33(29,30)22-11-12-23-24(16-22)32-14-13-31-23/h2-4,11-12,15-17,20-21,26H,5-10,13-14H2,1H3. The van der Waals surface area contributed by atoms with Gasteiger partial charge in [0.2, 0.25) is 0 Å². The first-order valence-corrected chi connectivity index (χ1v) is 13.2. The summed E-state index contributed by atoms with van der Waals surface area (Å²) in [5.41, 5.74) is 0.881. The summed E-state index contributed by atoms with van der Waals surface area (Å²) in [7, 11) is -3.85. The molecule has 2 aromatic rings. The fraction of sp³-hybridized carbons (Fsp3) is 0.480. The molecule has 8 heteroatoms. The Kier molecular flexibility index (Phi) is 5.95. The Bertz CT molecular complexity index is 1140. The van der Waals surface area contributed by atoms with Gasteiger partial charge in [-0.25, -0.2) is 8.42 Å². The van der Waals surface area contributed by atoms with Gasteiger partial charge < -0.3 is 14.4 Å². The smallest absolute Gasteiger partial charge is 0.262 e. The van der Waals surface area contributed by atoms with Crippen LogP contribution in [0.25, 0.3) is 0 Å². The lowest BCUT2D eigenvalue weighted by Crippen LogP contribution is -2.43. The number of ether oxygens (including phenoxy) is 2. The number of sulfonamides is 1. The second-order valence-electron chi connectivity index (χ2n) is 9.35. The van der Waals surface area contributed by atoms with Gasteiger partial charge in [-0.15, -0.1) is 0 Å². The van der Waals surface area contributed by atoms with Crippen molar-refractivity contribution in [1.29, 1.82) is 0 Å². The second-order valence-corrected chi connectivity index (χ2v) is 11.0. The van der Waals surface area contributed by atoms with Crippen LogP contribution in [0.2, 0.25) is 0 Å². The molecular weight excluding hydrogens is 440 g/mol. The summed E-state index contributed by atoms with van der Waals surface area (Å²) in [6, 6.07) is 11.9. The highest BCUT2D eigenvalue weighted by Gasteiger charge is 2.38. The Hall–Kier alpha value is -2.74. The Balaban J connectivity index is 1.35. The molecule has 0 bridgehead atoms. The van der Waals surface area contributed by atoms with E-state index in [1.807, 2.05) is 0 Å². The molecule has 1 aliphatic heterocycles. The highest BCUT2D eigenvalue weighted by atomic mass is 32.2. The summed E-state index contributed by atoms with van der Waals surface area (Å²) in [6.45, 7) is 3.10. The third-order valence-corrected chi connectivity index (χ3v) is 8.12. The molecular formula is C25H30N2O5S. The molecule has 3 aliphatic rings. The van der Waals surface area contributed by atoms with Crippen molar-refractivity contribution in [2.75, 3.05) is 17.9 Å². The summed E-state index contributed by atoms with van der Waals surface area (Å²) < 4.78 is 39.6. The number of benzene rings is 2. The van der Waals surface area contributed by atoms with Crippen molar-refractivity contribution < 1.29 is 22.7 Å². The van der Waals surface area contributed by atoms with Gasteiger partial charge in [0.05, 0.1) is 4.90 Å². The molecule has 0 saturated heterocycles. The molecule has 0 unspecified atom stereocenters. The maximum absolute atomic E-state index is 13.5. The van der Waals surface area contributed by atoms with E-state index >= 15 is 0 Å². The molecule has 1 heterocycles. The van der Waals surface area contributed by atoms with E-state index in [1.165, 1.54) is 12.1 Å². The molecule has 2 aliphatic carbocycles. The number of carbonyl (C=O) groups is 1. The van der Waals surface area contributed by atoms with Crippen LogP contribution in [-0.4, -0.2) is 44.5 Å². The molecule has 2 fully saturated rings. The third kappa shape index (κ3) is 4.81. The minimum Gasteiger partial charge on any atom is -0.486 e. The van der Waals surface area contributed by atoms with Crippen LogP contribution in [0, 0.1) is 5.92 Å². The van der Waals surface area contributed by atoms with Gasteiger partial charge in [-0.3, -0.25) is 9.52 Å². The first-order valence-electron chi connectivity index (χ1n) is 11.8. The van der Waals surface area contributed by atoms with Crippen molar-refractivity contribution in [1.82, 2.24) is 4.90 Å². The Morgan fingerprint density at radius 1 is 0.909 bits per heavy atom. The fourth-order valence-corrected chi connectivity index (χ4v) is 5.84. The quantitative estimate of drug-likeness (QED) is 0.675. The van der Waals surface area contributed by atoms with Crippen LogP contribution < -0.4 is 14.2 Å². The molecule has 2 saturated carbocycles. The maximum atomic E-state index is 13.5. The van der Waals surface area contributed by atoms with Gasteiger partial charge in [0, 0.05) is 29.4 Å². The highest BCUT2D eigenvalue weighted by molar-refractivity contribution is 7.92. The predicted molar refractivity (Wildman–Crippen MR) is 125 cm³/mol. The van der Waals surface area contributed by atoms with E-state index in [0.717, 1.165) is 44.4 Å². The van der Waals surface area contributed by atoms with Gasteiger partial charge in [0.1, 0.15) is 13.2 Å². The number of fused-ring (bicyclic) bond motifs is 1. The molecule has 33 heavy (non-hydrogen) atoms. The van der Waals surface area contributed by atoms with Crippen LogP contribution in [0.4, 0.5) is 5.69 Å². The molecule has 7 nitrogen and oxygen atoms in total. The summed E-state index contributed by atoms with van der Waals surface area (Å²) in [5.74, 6) is 1.66. The Morgan fingerprint density at radius 3 is 2.27 bits per heavy atom. The van der Waals surface area contributed by atoms with E-state index in [0.29, 0.717) is 42.0 Å². The van der Waals surface area contributed by atoms with Crippen LogP contribution in [0.1, 0.15) is 55.8 Å². The van der Waals surface area contributed by atoms with Gasteiger partial charge >= 0.3 is 0 Å². The van der Waals surface area contributed by atoms with E-state index in [2.05, 4.69) is 16.5 Å². The summed E-state index contributed by atoms with van der Waals surface area (Å²) >= 11 is 0. The molecule has 1 amide bonds. The van der Waals surface area contributed by atoms with Gasteiger partial charge in [-0.05, 0) is 74.8 Å². The normalized spacial score (nSPS) is 22.5. The minimum absolute atomic E-state index is 0.00238. The molecule has 0 aromatic heterocycles. The predicted octanol–water partition coefficient (Wildman–Crippen LogP) is 4.44. The van der Waals surface area contributed by atoms with E-state index in [1.54, 1.807) is 30.3 Å². The van der Waals surface area contributed by atoms with Gasteiger partial charge in [-0.2, -0.15) is 0 Å². The first-order chi connectivity index (χ1) is 15.9. The van der Waals surface area contributed by atoms with Gasteiger partial charge in [0.25, 0.3) is 15.9 Å². The number of nitrogens with one attached hydrogen (secondary N) is 1. The van der Waals surface area contributed by atoms with E-state index in [9.17, 15) is 13.2 Å². The van der Waals surface area contributed by atoms with Crippen LogP contribution >= 0.6 is 0 Å². The number of nitrogens with zero attached hydrogens (tertiary/aromatic N) is 1. The molecule has 1 N–H and O–H groups in total. The lowest BCUT2D eigenvalue weighted by Gasteiger charge is -2.36. The number of rotatable bonds is 6. The summed E-state index contributed by atoms with van der Waals surface area (Å²) in [4.78, 5) is 15.6. The first kappa shape index (κ1) is 22.1. The summed E-state index contributed by atoms with van der Waals surface area (Å²) in [5, 5.41) is 0. The molecule has 5 rings (SSSR count). The van der Waals surface area contributed by atoms with Crippen LogP contribution in [-0.2, 0) is 10.0 Å². The molecule has 0 spiro atoms. The van der Waals surface area contributed by atoms with Crippen molar-refractivity contribution >= 4 is 21.6 Å². The lowest BCUT2D eigenvalue weighted by molar-refractivity contribution is 0.0593. The summed E-state index contributed by atoms with van der Waals surface area (Å²) in [6.07, 6.45) is 6.48. The Morgan fingerprint density at radius 2 is 1.58 bits per heavy atom. The number of amides is 1. The van der Waals surface area contributed by atoms with E-state index in [-0.39, 0.29) is 16.8 Å². The SMILES string of the molecule is CC1CCC(N(C(=O)c2cccc(NS(=O)(=O)c3ccc4c(c3)OCCO4)c2)C2CC2)CC1. The van der Waals surface area contributed by atoms with Crippen LogP contribution in [0.5, 0.6) is 11.5 Å². The fourth-order valence-electron chi connectivity index (χ4n) is 4.77. The zero-order valence-corrected chi connectivity index (χ0v) is 19.6. The minimum atomic E-state index is -3.85. The topological polar surface area (TPSA) is 84.9 Å². The van der Waals surface area contributed by atoms with Gasteiger partial charge in [-0.1, -0.05) is 13.0 Å². The van der Waals surface area contributed by atoms with Gasteiger partial charge in [0.15, 0.2) is 11.5 Å². The van der Waals surface area contributed by atoms with Crippen LogP contribution in [0.3, 0.4) is 0 Å². The van der Waals surface area contributed by atoms with Crippen molar-refractivity contribution in [2.24, 2.45) is 5.92 Å². The zero-order chi connectivity index (χ0) is 23.0. The van der Waals surface area contributed by atoms with Crippen molar-refractivity contribution in [3.05, 3.63) is 48.0 Å². The molecule has 2 aromatic carbocycles. The average Bonchev–Trinajstić information content (AvgIpc) is 3.65. The average molecular weight is 471 g/mol. The monoisotopic (exact) mass is 470 g/mol. The number of hydrogen-bond donors (Lipinski definition) is 1. The molecule has 0 radical (unpaired) electrons. The number of carbonyl (C=O) groups excluding carboxylic acids is 1. The van der Waals surface area contributed by atoms with Crippen LogP contribution in [0.15, 0.2) is 47.4 Å². The maximum Gasteiger partial charge on any atom is 0.262 e. The largest absolute Gasteiger partial charge is 0.486 e. The number of anilines is 1. The van der Waals surface area contributed by atoms with Crippen molar-refractivity contribution in [3.63, 3.8) is 0 Å². The van der Waals surface area contributed by atoms with Crippen molar-refractivity contribution in [2.45, 2.75) is 62.4 Å². The highest BCUT2D eigenvalue weighted by Crippen LogP contribution is 2.37.